The molecule has 1 aromatic carbocycles. The van der Waals surface area contributed by atoms with Crippen LogP contribution in [0.2, 0.25) is 0 Å². The third-order valence-electron chi connectivity index (χ3n) is 4.24. The number of hydrogen-bond acceptors (Lipinski definition) is 3. The highest BCUT2D eigenvalue weighted by Crippen LogP contribution is 2.34. The number of ether oxygens (including phenoxy) is 1. The van der Waals surface area contributed by atoms with Crippen LogP contribution in [0, 0.1) is 5.41 Å². The molecule has 116 valence electrons. The van der Waals surface area contributed by atoms with E-state index < -0.39 is 0 Å². The second-order valence-corrected chi connectivity index (χ2v) is 6.60. The molecule has 1 saturated carbocycles. The van der Waals surface area contributed by atoms with Gasteiger partial charge in [-0.1, -0.05) is 19.9 Å². The van der Waals surface area contributed by atoms with Gasteiger partial charge in [0.15, 0.2) is 0 Å². The predicted molar refractivity (Wildman–Crippen MR) is 85.7 cm³/mol. The molecule has 1 fully saturated rings. The van der Waals surface area contributed by atoms with Gasteiger partial charge in [0.05, 0.1) is 13.7 Å². The molecule has 21 heavy (non-hydrogen) atoms. The van der Waals surface area contributed by atoms with Crippen LogP contribution in [0.3, 0.4) is 0 Å². The molecule has 0 unspecified atom stereocenters. The first kappa shape index (κ1) is 15.8. The van der Waals surface area contributed by atoms with Crippen molar-refractivity contribution in [3.8, 4) is 5.75 Å². The standard InChI is InChI=1S/C17H26N2O2/c1-17(2)9-7-13(8-10-17)18-12-16(20)19-14-5-4-6-15(11-14)21-3/h4-6,11,13,18H,7-10,12H2,1-3H3,(H,19,20). The van der Waals surface area contributed by atoms with Crippen molar-refractivity contribution in [2.75, 3.05) is 19.0 Å². The van der Waals surface area contributed by atoms with Crippen LogP contribution in [-0.2, 0) is 4.79 Å². The minimum atomic E-state index is -0.00640. The topological polar surface area (TPSA) is 50.4 Å². The number of hydrogen-bond donors (Lipinski definition) is 2. The van der Waals surface area contributed by atoms with Gasteiger partial charge < -0.3 is 15.4 Å². The van der Waals surface area contributed by atoms with Gasteiger partial charge >= 0.3 is 0 Å². The number of rotatable bonds is 5. The number of benzene rings is 1. The van der Waals surface area contributed by atoms with Gasteiger partial charge in [-0.15, -0.1) is 0 Å². The Labute approximate surface area is 127 Å². The lowest BCUT2D eigenvalue weighted by atomic mass is 9.75. The normalized spacial score (nSPS) is 18.2. The molecule has 1 aromatic rings. The highest BCUT2D eigenvalue weighted by atomic mass is 16.5. The van der Waals surface area contributed by atoms with Crippen molar-refractivity contribution in [3.63, 3.8) is 0 Å². The predicted octanol–water partition coefficient (Wildman–Crippen LogP) is 3.19. The Morgan fingerprint density at radius 2 is 2.05 bits per heavy atom. The molecular weight excluding hydrogens is 264 g/mol. The molecule has 0 saturated heterocycles. The van der Waals surface area contributed by atoms with Gasteiger partial charge in [-0.25, -0.2) is 0 Å². The molecule has 0 bridgehead atoms. The van der Waals surface area contributed by atoms with Crippen molar-refractivity contribution in [3.05, 3.63) is 24.3 Å². The third-order valence-corrected chi connectivity index (χ3v) is 4.24. The smallest absolute Gasteiger partial charge is 0.238 e. The summed E-state index contributed by atoms with van der Waals surface area (Å²) in [7, 11) is 1.62. The molecule has 0 spiro atoms. The molecule has 0 aromatic heterocycles. The second kappa shape index (κ2) is 6.94. The van der Waals surface area contributed by atoms with Crippen molar-refractivity contribution in [2.45, 2.75) is 45.6 Å². The summed E-state index contributed by atoms with van der Waals surface area (Å²) >= 11 is 0. The molecule has 0 radical (unpaired) electrons. The van der Waals surface area contributed by atoms with Crippen LogP contribution in [0.4, 0.5) is 5.69 Å². The fraction of sp³-hybridized carbons (Fsp3) is 0.588. The van der Waals surface area contributed by atoms with Crippen LogP contribution in [0.25, 0.3) is 0 Å². The van der Waals surface area contributed by atoms with E-state index in [2.05, 4.69) is 24.5 Å². The van der Waals surface area contributed by atoms with Crippen LogP contribution in [0.15, 0.2) is 24.3 Å². The zero-order valence-corrected chi connectivity index (χ0v) is 13.2. The average molecular weight is 290 g/mol. The lowest BCUT2D eigenvalue weighted by Gasteiger charge is -2.34. The Kier molecular flexibility index (Phi) is 5.23. The highest BCUT2D eigenvalue weighted by Gasteiger charge is 2.26. The quantitative estimate of drug-likeness (QED) is 0.875. The Hall–Kier alpha value is -1.55. The molecule has 0 atom stereocenters. The minimum absolute atomic E-state index is 0.00640. The SMILES string of the molecule is COc1cccc(NC(=O)CNC2CCC(C)(C)CC2)c1. The zero-order chi connectivity index (χ0) is 15.3. The highest BCUT2D eigenvalue weighted by molar-refractivity contribution is 5.92. The van der Waals surface area contributed by atoms with Gasteiger partial charge in [-0.3, -0.25) is 4.79 Å². The van der Waals surface area contributed by atoms with Crippen LogP contribution < -0.4 is 15.4 Å². The Balaban J connectivity index is 1.75. The first-order chi connectivity index (χ1) is 9.98. The summed E-state index contributed by atoms with van der Waals surface area (Å²) in [4.78, 5) is 12.0. The van der Waals surface area contributed by atoms with E-state index >= 15 is 0 Å². The van der Waals surface area contributed by atoms with Gasteiger partial charge in [-0.2, -0.15) is 0 Å². The maximum Gasteiger partial charge on any atom is 0.238 e. The van der Waals surface area contributed by atoms with Crippen molar-refractivity contribution >= 4 is 11.6 Å². The summed E-state index contributed by atoms with van der Waals surface area (Å²) in [5.41, 5.74) is 1.23. The molecular formula is C17H26N2O2. The monoisotopic (exact) mass is 290 g/mol. The third kappa shape index (κ3) is 5.05. The summed E-state index contributed by atoms with van der Waals surface area (Å²) in [6, 6.07) is 7.88. The minimum Gasteiger partial charge on any atom is -0.497 e. The Bertz CT molecular complexity index is 475. The summed E-state index contributed by atoms with van der Waals surface area (Å²) in [5, 5.41) is 6.26. The molecule has 2 N–H and O–H groups in total. The van der Waals surface area contributed by atoms with Gasteiger partial charge in [0.25, 0.3) is 0 Å². The fourth-order valence-electron chi connectivity index (χ4n) is 2.75. The first-order valence-electron chi connectivity index (χ1n) is 7.66. The molecule has 4 nitrogen and oxygen atoms in total. The van der Waals surface area contributed by atoms with Crippen LogP contribution >= 0.6 is 0 Å². The molecule has 1 aliphatic carbocycles. The van der Waals surface area contributed by atoms with Crippen molar-refractivity contribution in [1.29, 1.82) is 0 Å². The van der Waals surface area contributed by atoms with Gasteiger partial charge in [0, 0.05) is 17.8 Å². The van der Waals surface area contributed by atoms with Crippen LogP contribution in [0.5, 0.6) is 5.75 Å². The molecule has 0 heterocycles. The average Bonchev–Trinajstić information content (AvgIpc) is 2.46. The van der Waals surface area contributed by atoms with E-state index in [0.717, 1.165) is 24.3 Å². The van der Waals surface area contributed by atoms with E-state index in [1.54, 1.807) is 7.11 Å². The second-order valence-electron chi connectivity index (χ2n) is 6.60. The lowest BCUT2D eigenvalue weighted by molar-refractivity contribution is -0.115. The van der Waals surface area contributed by atoms with E-state index in [1.807, 2.05) is 24.3 Å². The zero-order valence-electron chi connectivity index (χ0n) is 13.2. The summed E-state index contributed by atoms with van der Waals surface area (Å²) in [6.07, 6.45) is 4.75. The van der Waals surface area contributed by atoms with Gasteiger partial charge in [0.2, 0.25) is 5.91 Å². The summed E-state index contributed by atoms with van der Waals surface area (Å²) < 4.78 is 5.14. The van der Waals surface area contributed by atoms with Crippen LogP contribution in [-0.4, -0.2) is 25.6 Å². The maximum absolute atomic E-state index is 12.0. The van der Waals surface area contributed by atoms with E-state index in [9.17, 15) is 4.79 Å². The summed E-state index contributed by atoms with van der Waals surface area (Å²) in [5.74, 6) is 0.739. The molecule has 0 aliphatic heterocycles. The number of nitrogens with one attached hydrogen (secondary N) is 2. The van der Waals surface area contributed by atoms with E-state index in [4.69, 9.17) is 4.74 Å². The number of methoxy groups -OCH3 is 1. The first-order valence-corrected chi connectivity index (χ1v) is 7.66. The number of anilines is 1. The Morgan fingerprint density at radius 3 is 2.71 bits per heavy atom. The Morgan fingerprint density at radius 1 is 1.33 bits per heavy atom. The fourth-order valence-corrected chi connectivity index (χ4v) is 2.75. The summed E-state index contributed by atoms with van der Waals surface area (Å²) in [6.45, 7) is 5.00. The molecule has 1 aliphatic rings. The van der Waals surface area contributed by atoms with E-state index in [0.29, 0.717) is 18.0 Å². The van der Waals surface area contributed by atoms with Gasteiger partial charge in [-0.05, 0) is 43.2 Å². The van der Waals surface area contributed by atoms with E-state index in [-0.39, 0.29) is 5.91 Å². The number of carbonyl (C=O) groups excluding carboxylic acids is 1. The van der Waals surface area contributed by atoms with Crippen molar-refractivity contribution < 1.29 is 9.53 Å². The number of carbonyl (C=O) groups is 1. The largest absolute Gasteiger partial charge is 0.497 e. The molecule has 2 rings (SSSR count). The van der Waals surface area contributed by atoms with Crippen molar-refractivity contribution in [1.82, 2.24) is 5.32 Å². The van der Waals surface area contributed by atoms with Crippen molar-refractivity contribution in [2.24, 2.45) is 5.41 Å². The van der Waals surface area contributed by atoms with E-state index in [1.165, 1.54) is 12.8 Å². The molecule has 1 amide bonds. The van der Waals surface area contributed by atoms with Crippen LogP contribution in [0.1, 0.15) is 39.5 Å². The maximum atomic E-state index is 12.0. The molecule has 4 heteroatoms. The number of amides is 1. The van der Waals surface area contributed by atoms with Gasteiger partial charge in [0.1, 0.15) is 5.75 Å². The lowest BCUT2D eigenvalue weighted by Crippen LogP contribution is -2.39.